The van der Waals surface area contributed by atoms with Gasteiger partial charge in [-0.25, -0.2) is 9.97 Å². The van der Waals surface area contributed by atoms with Crippen molar-refractivity contribution in [2.45, 2.75) is 58.6 Å². The van der Waals surface area contributed by atoms with Crippen LogP contribution in [0.1, 0.15) is 45.0 Å². The molecule has 1 aliphatic heterocycles. The number of rotatable bonds is 5. The first-order valence-corrected chi connectivity index (χ1v) is 7.45. The van der Waals surface area contributed by atoms with E-state index in [0.29, 0.717) is 0 Å². The number of ether oxygens (including phenoxy) is 1. The van der Waals surface area contributed by atoms with E-state index in [1.807, 2.05) is 14.0 Å². The van der Waals surface area contributed by atoms with E-state index in [1.54, 1.807) is 0 Å². The number of nitrogens with one attached hydrogen (secondary N) is 2. The summed E-state index contributed by atoms with van der Waals surface area (Å²) in [6.45, 7) is 9.31. The van der Waals surface area contributed by atoms with Gasteiger partial charge in [0, 0.05) is 25.6 Å². The highest BCUT2D eigenvalue weighted by Gasteiger charge is 2.37. The van der Waals surface area contributed by atoms with Crippen LogP contribution in [0.15, 0.2) is 0 Å². The van der Waals surface area contributed by atoms with Gasteiger partial charge in [-0.3, -0.25) is 0 Å². The summed E-state index contributed by atoms with van der Waals surface area (Å²) in [6, 6.07) is 0. The van der Waals surface area contributed by atoms with Gasteiger partial charge in [0.05, 0.1) is 11.6 Å². The lowest BCUT2D eigenvalue weighted by atomic mass is 9.94. The Labute approximate surface area is 121 Å². The number of hydrogen-bond acceptors (Lipinski definition) is 5. The zero-order valence-electron chi connectivity index (χ0n) is 13.2. The average Bonchev–Trinajstić information content (AvgIpc) is 2.73. The van der Waals surface area contributed by atoms with Crippen LogP contribution in [0.2, 0.25) is 0 Å². The fraction of sp³-hybridized carbons (Fsp3) is 0.733. The van der Waals surface area contributed by atoms with E-state index in [9.17, 15) is 0 Å². The third-order valence-electron chi connectivity index (χ3n) is 4.19. The summed E-state index contributed by atoms with van der Waals surface area (Å²) in [5, 5.41) is 6.75. The van der Waals surface area contributed by atoms with E-state index in [-0.39, 0.29) is 11.6 Å². The maximum absolute atomic E-state index is 5.69. The topological polar surface area (TPSA) is 59.1 Å². The van der Waals surface area contributed by atoms with E-state index in [0.717, 1.165) is 48.9 Å². The molecule has 0 aromatic carbocycles. The van der Waals surface area contributed by atoms with Gasteiger partial charge >= 0.3 is 0 Å². The molecular formula is C15H26N4O. The molecule has 2 rings (SSSR count). The predicted octanol–water partition coefficient (Wildman–Crippen LogP) is 2.76. The van der Waals surface area contributed by atoms with Crippen molar-refractivity contribution in [3.63, 3.8) is 0 Å². The molecular weight excluding hydrogens is 252 g/mol. The first-order chi connectivity index (χ1) is 9.50. The van der Waals surface area contributed by atoms with Crippen molar-refractivity contribution in [2.75, 3.05) is 24.3 Å². The number of aromatic nitrogens is 2. The van der Waals surface area contributed by atoms with Gasteiger partial charge in [-0.05, 0) is 33.6 Å². The van der Waals surface area contributed by atoms with Crippen molar-refractivity contribution in [1.82, 2.24) is 9.97 Å². The van der Waals surface area contributed by atoms with Crippen LogP contribution in [0, 0.1) is 6.92 Å². The molecule has 1 aromatic heterocycles. The molecule has 2 N–H and O–H groups in total. The van der Waals surface area contributed by atoms with Crippen LogP contribution in [0.4, 0.5) is 11.6 Å². The molecule has 1 saturated heterocycles. The normalized spacial score (nSPS) is 25.8. The third-order valence-corrected chi connectivity index (χ3v) is 4.19. The number of aryl methyl sites for hydroxylation is 1. The van der Waals surface area contributed by atoms with E-state index in [1.165, 1.54) is 0 Å². The highest BCUT2D eigenvalue weighted by molar-refractivity contribution is 5.58. The zero-order chi connectivity index (χ0) is 14.8. The quantitative estimate of drug-likeness (QED) is 0.867. The molecule has 0 spiro atoms. The van der Waals surface area contributed by atoms with E-state index in [4.69, 9.17) is 9.72 Å². The lowest BCUT2D eigenvalue weighted by Gasteiger charge is -2.30. The smallest absolute Gasteiger partial charge is 0.135 e. The van der Waals surface area contributed by atoms with Crippen molar-refractivity contribution in [1.29, 1.82) is 0 Å². The molecule has 0 saturated carbocycles. The Morgan fingerprint density at radius 2 is 2.05 bits per heavy atom. The lowest BCUT2D eigenvalue weighted by molar-refractivity contribution is 0.105. The van der Waals surface area contributed by atoms with Crippen LogP contribution >= 0.6 is 0 Å². The first kappa shape index (κ1) is 15.0. The molecule has 0 bridgehead atoms. The molecule has 1 fully saturated rings. The molecule has 0 amide bonds. The molecule has 2 heterocycles. The van der Waals surface area contributed by atoms with Crippen molar-refractivity contribution in [3.8, 4) is 0 Å². The minimum absolute atomic E-state index is 0.0619. The summed E-state index contributed by atoms with van der Waals surface area (Å²) in [7, 11) is 1.90. The molecule has 2 unspecified atom stereocenters. The Kier molecular flexibility index (Phi) is 4.48. The summed E-state index contributed by atoms with van der Waals surface area (Å²) in [6.07, 6.45) is 3.12. The predicted molar refractivity (Wildman–Crippen MR) is 82.4 cm³/mol. The van der Waals surface area contributed by atoms with Crippen molar-refractivity contribution in [2.24, 2.45) is 0 Å². The Bertz CT molecular complexity index is 477. The van der Waals surface area contributed by atoms with Gasteiger partial charge in [0.2, 0.25) is 0 Å². The Morgan fingerprint density at radius 1 is 1.35 bits per heavy atom. The Hall–Kier alpha value is -1.36. The zero-order valence-corrected chi connectivity index (χ0v) is 13.2. The minimum Gasteiger partial charge on any atom is -0.376 e. The molecule has 112 valence electrons. The second kappa shape index (κ2) is 5.95. The standard InChI is InChI=1S/C15H26N4O/c1-6-7-12-17-13(16-5)10(2)14(18-12)19-15(4)8-9-20-11(15)3/h11H,6-9H2,1-5H3,(H2,16,17,18,19). The highest BCUT2D eigenvalue weighted by Crippen LogP contribution is 2.31. The summed E-state index contributed by atoms with van der Waals surface area (Å²) in [5.41, 5.74) is 1.00. The maximum atomic E-state index is 5.69. The Balaban J connectivity index is 2.32. The van der Waals surface area contributed by atoms with Crippen LogP contribution in [0.25, 0.3) is 0 Å². The molecule has 5 heteroatoms. The molecule has 1 aliphatic rings. The van der Waals surface area contributed by atoms with Gasteiger partial charge in [0.15, 0.2) is 0 Å². The van der Waals surface area contributed by atoms with E-state index < -0.39 is 0 Å². The highest BCUT2D eigenvalue weighted by atomic mass is 16.5. The summed E-state index contributed by atoms with van der Waals surface area (Å²) >= 11 is 0. The molecule has 0 aliphatic carbocycles. The fourth-order valence-corrected chi connectivity index (χ4v) is 2.53. The third kappa shape index (κ3) is 2.87. The average molecular weight is 278 g/mol. The van der Waals surface area contributed by atoms with E-state index >= 15 is 0 Å². The maximum Gasteiger partial charge on any atom is 0.135 e. The van der Waals surface area contributed by atoms with Gasteiger partial charge in [-0.1, -0.05) is 6.92 Å². The second-order valence-electron chi connectivity index (χ2n) is 5.77. The van der Waals surface area contributed by atoms with Crippen molar-refractivity contribution < 1.29 is 4.74 Å². The summed E-state index contributed by atoms with van der Waals surface area (Å²) in [5.74, 6) is 2.72. The first-order valence-electron chi connectivity index (χ1n) is 7.45. The van der Waals surface area contributed by atoms with Crippen LogP contribution in [0.5, 0.6) is 0 Å². The summed E-state index contributed by atoms with van der Waals surface area (Å²) < 4.78 is 5.69. The van der Waals surface area contributed by atoms with Gasteiger partial charge < -0.3 is 15.4 Å². The Morgan fingerprint density at radius 3 is 2.60 bits per heavy atom. The van der Waals surface area contributed by atoms with Crippen LogP contribution in [-0.2, 0) is 11.2 Å². The van der Waals surface area contributed by atoms with Crippen LogP contribution in [-0.4, -0.2) is 35.3 Å². The number of hydrogen-bond donors (Lipinski definition) is 2. The number of nitrogens with zero attached hydrogens (tertiary/aromatic N) is 2. The van der Waals surface area contributed by atoms with Gasteiger partial charge in [0.1, 0.15) is 17.5 Å². The molecule has 1 aromatic rings. The molecule has 20 heavy (non-hydrogen) atoms. The largest absolute Gasteiger partial charge is 0.376 e. The summed E-state index contributed by atoms with van der Waals surface area (Å²) in [4.78, 5) is 9.26. The van der Waals surface area contributed by atoms with E-state index in [2.05, 4.69) is 36.4 Å². The van der Waals surface area contributed by atoms with Crippen LogP contribution < -0.4 is 10.6 Å². The van der Waals surface area contributed by atoms with Crippen molar-refractivity contribution >= 4 is 11.6 Å². The minimum atomic E-state index is -0.0619. The number of anilines is 2. The molecule has 0 radical (unpaired) electrons. The van der Waals surface area contributed by atoms with Crippen molar-refractivity contribution in [3.05, 3.63) is 11.4 Å². The SMILES string of the molecule is CCCc1nc(NC)c(C)c(NC2(C)CCOC2C)n1. The lowest BCUT2D eigenvalue weighted by Crippen LogP contribution is -2.41. The molecule has 5 nitrogen and oxygen atoms in total. The second-order valence-corrected chi connectivity index (χ2v) is 5.77. The molecule has 2 atom stereocenters. The fourth-order valence-electron chi connectivity index (χ4n) is 2.53. The van der Waals surface area contributed by atoms with Crippen LogP contribution in [0.3, 0.4) is 0 Å². The van der Waals surface area contributed by atoms with Gasteiger partial charge in [-0.2, -0.15) is 0 Å². The van der Waals surface area contributed by atoms with Gasteiger partial charge in [-0.15, -0.1) is 0 Å². The van der Waals surface area contributed by atoms with Gasteiger partial charge in [0.25, 0.3) is 0 Å². The monoisotopic (exact) mass is 278 g/mol.